The molecule has 2 rings (SSSR count). The molecule has 0 saturated carbocycles. The standard InChI is InChI=1S/C20H27N3O4S/c1-4-23(13-16-8-7-11-28-16)14-19(24)22-20(25)21-15-9-10-17(26-5-2)18(12-15)27-6-3/h7-12H,4-6,13-14H2,1-3H3,(H2,21,22,24,25). The van der Waals surface area contributed by atoms with Crippen molar-refractivity contribution in [3.8, 4) is 11.5 Å². The van der Waals surface area contributed by atoms with E-state index in [0.717, 1.165) is 0 Å². The highest BCUT2D eigenvalue weighted by Crippen LogP contribution is 2.30. The first kappa shape index (κ1) is 21.7. The first-order valence-electron chi connectivity index (χ1n) is 9.30. The van der Waals surface area contributed by atoms with Crippen molar-refractivity contribution in [2.45, 2.75) is 27.3 Å². The first-order valence-corrected chi connectivity index (χ1v) is 10.2. The fraction of sp³-hybridized carbons (Fsp3) is 0.400. The summed E-state index contributed by atoms with van der Waals surface area (Å²) >= 11 is 1.64. The molecule has 3 amide bonds. The second-order valence-electron chi connectivity index (χ2n) is 5.91. The van der Waals surface area contributed by atoms with Crippen LogP contribution in [0.15, 0.2) is 35.7 Å². The second-order valence-corrected chi connectivity index (χ2v) is 6.94. The third-order valence-corrected chi connectivity index (χ3v) is 4.69. The van der Waals surface area contributed by atoms with E-state index in [1.54, 1.807) is 29.5 Å². The Kier molecular flexibility index (Phi) is 8.77. The normalized spacial score (nSPS) is 10.6. The van der Waals surface area contributed by atoms with Crippen LogP contribution in [0.1, 0.15) is 25.6 Å². The number of anilines is 1. The third kappa shape index (κ3) is 6.86. The van der Waals surface area contributed by atoms with Gasteiger partial charge in [-0.1, -0.05) is 13.0 Å². The maximum absolute atomic E-state index is 12.2. The van der Waals surface area contributed by atoms with Crippen LogP contribution < -0.4 is 20.1 Å². The van der Waals surface area contributed by atoms with E-state index >= 15 is 0 Å². The number of carbonyl (C=O) groups is 2. The summed E-state index contributed by atoms with van der Waals surface area (Å²) in [4.78, 5) is 27.5. The lowest BCUT2D eigenvalue weighted by Crippen LogP contribution is -2.41. The van der Waals surface area contributed by atoms with Gasteiger partial charge in [0.2, 0.25) is 5.91 Å². The summed E-state index contributed by atoms with van der Waals surface area (Å²) in [7, 11) is 0. The lowest BCUT2D eigenvalue weighted by molar-refractivity contribution is -0.121. The molecule has 1 aromatic heterocycles. The van der Waals surface area contributed by atoms with Crippen LogP contribution in [0.3, 0.4) is 0 Å². The van der Waals surface area contributed by atoms with Crippen LogP contribution in [0.2, 0.25) is 0 Å². The molecule has 7 nitrogen and oxygen atoms in total. The Morgan fingerprint density at radius 2 is 1.82 bits per heavy atom. The van der Waals surface area contributed by atoms with Crippen LogP contribution in [0.5, 0.6) is 11.5 Å². The van der Waals surface area contributed by atoms with E-state index in [9.17, 15) is 9.59 Å². The molecule has 8 heteroatoms. The molecule has 0 spiro atoms. The number of hydrogen-bond donors (Lipinski definition) is 2. The molecule has 0 fully saturated rings. The number of imide groups is 1. The Labute approximate surface area is 169 Å². The lowest BCUT2D eigenvalue weighted by Gasteiger charge is -2.19. The van der Waals surface area contributed by atoms with Gasteiger partial charge in [0.15, 0.2) is 11.5 Å². The summed E-state index contributed by atoms with van der Waals surface area (Å²) in [6, 6.07) is 8.53. The van der Waals surface area contributed by atoms with Gasteiger partial charge in [-0.2, -0.15) is 0 Å². The van der Waals surface area contributed by atoms with E-state index in [4.69, 9.17) is 9.47 Å². The number of urea groups is 1. The molecular formula is C20H27N3O4S. The Morgan fingerprint density at radius 1 is 1.07 bits per heavy atom. The largest absolute Gasteiger partial charge is 0.490 e. The second kappa shape index (κ2) is 11.3. The molecule has 0 aliphatic carbocycles. The zero-order valence-corrected chi connectivity index (χ0v) is 17.3. The quantitative estimate of drug-likeness (QED) is 0.630. The van der Waals surface area contributed by atoms with Gasteiger partial charge in [0.25, 0.3) is 0 Å². The highest BCUT2D eigenvalue weighted by atomic mass is 32.1. The summed E-state index contributed by atoms with van der Waals surface area (Å²) in [6.07, 6.45) is 0. The molecule has 152 valence electrons. The average molecular weight is 406 g/mol. The van der Waals surface area contributed by atoms with Crippen LogP contribution >= 0.6 is 11.3 Å². The van der Waals surface area contributed by atoms with Crippen molar-refractivity contribution in [2.75, 3.05) is 31.6 Å². The van der Waals surface area contributed by atoms with Gasteiger partial charge in [-0.05, 0) is 44.0 Å². The van der Waals surface area contributed by atoms with Crippen LogP contribution in [0.25, 0.3) is 0 Å². The number of rotatable bonds is 10. The molecule has 1 heterocycles. The number of thiophene rings is 1. The molecule has 28 heavy (non-hydrogen) atoms. The van der Waals surface area contributed by atoms with Gasteiger partial charge in [0.1, 0.15) is 0 Å². The summed E-state index contributed by atoms with van der Waals surface area (Å²) < 4.78 is 11.0. The van der Waals surface area contributed by atoms with Crippen molar-refractivity contribution >= 4 is 29.0 Å². The van der Waals surface area contributed by atoms with Crippen molar-refractivity contribution in [1.82, 2.24) is 10.2 Å². The fourth-order valence-electron chi connectivity index (χ4n) is 2.56. The SMILES string of the molecule is CCOc1ccc(NC(=O)NC(=O)CN(CC)Cc2cccs2)cc1OCC. The van der Waals surface area contributed by atoms with Crippen molar-refractivity contribution < 1.29 is 19.1 Å². The smallest absolute Gasteiger partial charge is 0.325 e. The predicted octanol–water partition coefficient (Wildman–Crippen LogP) is 3.72. The molecule has 1 aromatic carbocycles. The number of nitrogens with zero attached hydrogens (tertiary/aromatic N) is 1. The van der Waals surface area contributed by atoms with Gasteiger partial charge >= 0.3 is 6.03 Å². The van der Waals surface area contributed by atoms with E-state index in [0.29, 0.717) is 43.5 Å². The Morgan fingerprint density at radius 3 is 2.46 bits per heavy atom. The zero-order chi connectivity index (χ0) is 20.4. The molecule has 0 atom stereocenters. The molecule has 0 unspecified atom stereocenters. The molecule has 2 aromatic rings. The minimum atomic E-state index is -0.580. The number of likely N-dealkylation sites (N-methyl/N-ethyl adjacent to an activating group) is 1. The van der Waals surface area contributed by atoms with Gasteiger partial charge in [-0.25, -0.2) is 4.79 Å². The van der Waals surface area contributed by atoms with Crippen molar-refractivity contribution in [2.24, 2.45) is 0 Å². The van der Waals surface area contributed by atoms with E-state index in [1.807, 2.05) is 43.2 Å². The number of carbonyl (C=O) groups excluding carboxylic acids is 2. The van der Waals surface area contributed by atoms with Crippen LogP contribution in [0, 0.1) is 0 Å². The monoisotopic (exact) mass is 405 g/mol. The number of nitrogens with one attached hydrogen (secondary N) is 2. The van der Waals surface area contributed by atoms with Crippen LogP contribution in [-0.2, 0) is 11.3 Å². The summed E-state index contributed by atoms with van der Waals surface area (Å²) in [5.41, 5.74) is 0.517. The maximum Gasteiger partial charge on any atom is 0.325 e. The Hall–Kier alpha value is -2.58. The summed E-state index contributed by atoms with van der Waals surface area (Å²) in [5.74, 6) is 0.798. The van der Waals surface area contributed by atoms with E-state index < -0.39 is 6.03 Å². The molecule has 0 radical (unpaired) electrons. The molecule has 0 bridgehead atoms. The number of hydrogen-bond acceptors (Lipinski definition) is 6. The number of amides is 3. The number of ether oxygens (including phenoxy) is 2. The lowest BCUT2D eigenvalue weighted by atomic mass is 10.2. The predicted molar refractivity (Wildman–Crippen MR) is 111 cm³/mol. The zero-order valence-electron chi connectivity index (χ0n) is 16.5. The van der Waals surface area contributed by atoms with Gasteiger partial charge in [-0.15, -0.1) is 11.3 Å². The van der Waals surface area contributed by atoms with E-state index in [-0.39, 0.29) is 12.5 Å². The van der Waals surface area contributed by atoms with Gasteiger partial charge in [0, 0.05) is 23.2 Å². The highest BCUT2D eigenvalue weighted by molar-refractivity contribution is 7.09. The minimum absolute atomic E-state index is 0.148. The number of benzene rings is 1. The molecule has 0 saturated heterocycles. The highest BCUT2D eigenvalue weighted by Gasteiger charge is 2.14. The van der Waals surface area contributed by atoms with E-state index in [2.05, 4.69) is 10.6 Å². The molecular weight excluding hydrogens is 378 g/mol. The van der Waals surface area contributed by atoms with Crippen molar-refractivity contribution in [1.29, 1.82) is 0 Å². The first-order chi connectivity index (χ1) is 13.5. The van der Waals surface area contributed by atoms with Gasteiger partial charge in [-0.3, -0.25) is 15.0 Å². The summed E-state index contributed by atoms with van der Waals surface area (Å²) in [5, 5.41) is 7.02. The van der Waals surface area contributed by atoms with E-state index in [1.165, 1.54) is 4.88 Å². The average Bonchev–Trinajstić information content (AvgIpc) is 3.16. The molecule has 0 aliphatic heterocycles. The fourth-order valence-corrected chi connectivity index (χ4v) is 3.31. The van der Waals surface area contributed by atoms with Gasteiger partial charge in [0.05, 0.1) is 19.8 Å². The van der Waals surface area contributed by atoms with Crippen molar-refractivity contribution in [3.05, 3.63) is 40.6 Å². The molecule has 0 aliphatic rings. The van der Waals surface area contributed by atoms with Crippen LogP contribution in [-0.4, -0.2) is 43.1 Å². The topological polar surface area (TPSA) is 79.9 Å². The molecule has 2 N–H and O–H groups in total. The maximum atomic E-state index is 12.2. The van der Waals surface area contributed by atoms with Crippen molar-refractivity contribution in [3.63, 3.8) is 0 Å². The van der Waals surface area contributed by atoms with Gasteiger partial charge < -0.3 is 14.8 Å². The Bertz CT molecular complexity index is 765. The minimum Gasteiger partial charge on any atom is -0.490 e. The summed E-state index contributed by atoms with van der Waals surface area (Å²) in [6.45, 7) is 8.27. The van der Waals surface area contributed by atoms with Crippen LogP contribution in [0.4, 0.5) is 10.5 Å². The Balaban J connectivity index is 1.89. The third-order valence-electron chi connectivity index (χ3n) is 3.83.